The van der Waals surface area contributed by atoms with Gasteiger partial charge in [0, 0.05) is 6.04 Å². The largest absolute Gasteiger partial charge is 0.330 e. The molecule has 37 heavy (non-hydrogen) atoms. The lowest BCUT2D eigenvalue weighted by atomic mass is 9.63. The summed E-state index contributed by atoms with van der Waals surface area (Å²) in [7, 11) is 0. The molecular weight excluding hydrogens is 450 g/mol. The summed E-state index contributed by atoms with van der Waals surface area (Å²) in [6, 6.07) is 0.681. The molecule has 4 saturated carbocycles. The molecule has 4 aliphatic carbocycles. The zero-order chi connectivity index (χ0) is 26.4. The highest BCUT2D eigenvalue weighted by Gasteiger charge is 2.54. The van der Waals surface area contributed by atoms with Crippen LogP contribution in [0, 0.1) is 64.1 Å². The number of fused-ring (bicyclic) bond motifs is 4. The minimum Gasteiger partial charge on any atom is -0.330 e. The maximum Gasteiger partial charge on any atom is 0.0119 e. The van der Waals surface area contributed by atoms with Gasteiger partial charge in [-0.3, -0.25) is 0 Å². The first kappa shape index (κ1) is 28.4. The van der Waals surface area contributed by atoms with Gasteiger partial charge in [0.05, 0.1) is 0 Å². The third-order valence-electron chi connectivity index (χ3n) is 13.6. The molecule has 0 radical (unpaired) electrons. The highest BCUT2D eigenvalue weighted by atomic mass is 15.1. The summed E-state index contributed by atoms with van der Waals surface area (Å²) < 4.78 is 0. The fourth-order valence-electron chi connectivity index (χ4n) is 11.0. The summed E-state index contributed by atoms with van der Waals surface area (Å²) in [5.41, 5.74) is 6.89. The Balaban J connectivity index is 1.22. The van der Waals surface area contributed by atoms with Gasteiger partial charge in [0.25, 0.3) is 0 Å². The van der Waals surface area contributed by atoms with Gasteiger partial charge in [0.2, 0.25) is 0 Å². The molecule has 8 atom stereocenters. The Morgan fingerprint density at radius 2 is 1.30 bits per heavy atom. The molecule has 4 bridgehead atoms. The number of nitrogens with two attached hydrogens (primary N) is 1. The van der Waals surface area contributed by atoms with Crippen molar-refractivity contribution in [1.29, 1.82) is 0 Å². The van der Waals surface area contributed by atoms with Crippen LogP contribution in [0.25, 0.3) is 0 Å². The number of nitrogens with zero attached hydrogens (tertiary/aromatic N) is 1. The van der Waals surface area contributed by atoms with E-state index < -0.39 is 0 Å². The van der Waals surface area contributed by atoms with E-state index in [2.05, 4.69) is 51.8 Å². The fourth-order valence-corrected chi connectivity index (χ4v) is 11.0. The van der Waals surface area contributed by atoms with Gasteiger partial charge in [-0.1, -0.05) is 41.5 Å². The third kappa shape index (κ3) is 5.72. The van der Waals surface area contributed by atoms with Gasteiger partial charge in [-0.05, 0) is 167 Å². The molecule has 0 aromatic carbocycles. The Bertz CT molecular complexity index is 691. The van der Waals surface area contributed by atoms with Gasteiger partial charge in [0.15, 0.2) is 0 Å². The SMILES string of the molecule is CC(CC1C2CCC(C2)C1(C)C)C(NCC1CCN(CCCN)CC1)C(C)CC1C2CCC(C2)C1(C)C. The van der Waals surface area contributed by atoms with Crippen molar-refractivity contribution in [3.8, 4) is 0 Å². The molecule has 8 unspecified atom stereocenters. The third-order valence-corrected chi connectivity index (χ3v) is 13.6. The van der Waals surface area contributed by atoms with E-state index in [9.17, 15) is 0 Å². The molecule has 214 valence electrons. The summed E-state index contributed by atoms with van der Waals surface area (Å²) in [5.74, 6) is 8.34. The Morgan fingerprint density at radius 1 is 0.784 bits per heavy atom. The molecule has 1 saturated heterocycles. The van der Waals surface area contributed by atoms with Crippen LogP contribution in [0.2, 0.25) is 0 Å². The van der Waals surface area contributed by atoms with E-state index in [1.165, 1.54) is 90.4 Å². The van der Waals surface area contributed by atoms with E-state index in [0.29, 0.717) is 16.9 Å². The Morgan fingerprint density at radius 3 is 1.73 bits per heavy atom. The van der Waals surface area contributed by atoms with E-state index in [1.807, 2.05) is 0 Å². The average molecular weight is 514 g/mol. The summed E-state index contributed by atoms with van der Waals surface area (Å²) >= 11 is 0. The van der Waals surface area contributed by atoms with Crippen LogP contribution in [0.5, 0.6) is 0 Å². The van der Waals surface area contributed by atoms with Crippen LogP contribution in [0.3, 0.4) is 0 Å². The lowest BCUT2D eigenvalue weighted by Gasteiger charge is -2.44. The van der Waals surface area contributed by atoms with Gasteiger partial charge in [-0.2, -0.15) is 0 Å². The second kappa shape index (κ2) is 11.4. The van der Waals surface area contributed by atoms with Gasteiger partial charge in [-0.25, -0.2) is 0 Å². The van der Waals surface area contributed by atoms with Crippen LogP contribution in [0.1, 0.15) is 112 Å². The second-order valence-corrected chi connectivity index (χ2v) is 16.2. The van der Waals surface area contributed by atoms with Crippen LogP contribution >= 0.6 is 0 Å². The predicted molar refractivity (Wildman–Crippen MR) is 158 cm³/mol. The zero-order valence-corrected chi connectivity index (χ0v) is 25.6. The van der Waals surface area contributed by atoms with E-state index in [1.54, 1.807) is 0 Å². The molecule has 3 heteroatoms. The van der Waals surface area contributed by atoms with Crippen molar-refractivity contribution in [1.82, 2.24) is 10.2 Å². The van der Waals surface area contributed by atoms with Crippen LogP contribution in [-0.2, 0) is 0 Å². The zero-order valence-electron chi connectivity index (χ0n) is 25.6. The summed E-state index contributed by atoms with van der Waals surface area (Å²) in [4.78, 5) is 2.65. The summed E-state index contributed by atoms with van der Waals surface area (Å²) in [5, 5.41) is 4.30. The Hall–Kier alpha value is -0.120. The van der Waals surface area contributed by atoms with E-state index in [4.69, 9.17) is 5.73 Å². The molecule has 0 amide bonds. The molecule has 1 heterocycles. The molecular formula is C34H63N3. The van der Waals surface area contributed by atoms with Crippen molar-refractivity contribution in [2.45, 2.75) is 118 Å². The van der Waals surface area contributed by atoms with E-state index >= 15 is 0 Å². The second-order valence-electron chi connectivity index (χ2n) is 16.2. The monoisotopic (exact) mass is 514 g/mol. The minimum atomic E-state index is 0.563. The summed E-state index contributed by atoms with van der Waals surface area (Å²) in [6.07, 6.45) is 15.9. The lowest BCUT2D eigenvalue weighted by Crippen LogP contribution is -2.47. The van der Waals surface area contributed by atoms with Crippen molar-refractivity contribution < 1.29 is 0 Å². The first-order valence-corrected chi connectivity index (χ1v) is 16.8. The van der Waals surface area contributed by atoms with E-state index in [-0.39, 0.29) is 0 Å². The first-order chi connectivity index (χ1) is 17.6. The number of hydrogen-bond acceptors (Lipinski definition) is 3. The molecule has 0 aromatic rings. The van der Waals surface area contributed by atoms with Crippen LogP contribution in [0.15, 0.2) is 0 Å². The van der Waals surface area contributed by atoms with Gasteiger partial charge in [-0.15, -0.1) is 0 Å². The maximum absolute atomic E-state index is 5.76. The van der Waals surface area contributed by atoms with Gasteiger partial charge >= 0.3 is 0 Å². The van der Waals surface area contributed by atoms with Gasteiger partial charge < -0.3 is 16.0 Å². The van der Waals surface area contributed by atoms with Gasteiger partial charge in [0.1, 0.15) is 0 Å². The van der Waals surface area contributed by atoms with Crippen molar-refractivity contribution in [2.75, 3.05) is 32.7 Å². The number of hydrogen-bond donors (Lipinski definition) is 2. The number of nitrogens with one attached hydrogen (secondary N) is 1. The minimum absolute atomic E-state index is 0.563. The maximum atomic E-state index is 5.76. The first-order valence-electron chi connectivity index (χ1n) is 16.8. The lowest BCUT2D eigenvalue weighted by molar-refractivity contribution is 0.0674. The van der Waals surface area contributed by atoms with E-state index in [0.717, 1.165) is 66.2 Å². The molecule has 5 fully saturated rings. The van der Waals surface area contributed by atoms with Crippen molar-refractivity contribution in [2.24, 2.45) is 69.8 Å². The molecule has 0 aromatic heterocycles. The van der Waals surface area contributed by atoms with Crippen LogP contribution in [0.4, 0.5) is 0 Å². The Kier molecular flexibility index (Phi) is 8.75. The summed E-state index contributed by atoms with van der Waals surface area (Å²) in [6.45, 7) is 21.6. The topological polar surface area (TPSA) is 41.3 Å². The molecule has 3 N–H and O–H groups in total. The quantitative estimate of drug-likeness (QED) is 0.290. The Labute approximate surface area is 230 Å². The van der Waals surface area contributed by atoms with Crippen LogP contribution in [-0.4, -0.2) is 43.7 Å². The number of piperidine rings is 1. The average Bonchev–Trinajstić information content (AvgIpc) is 3.63. The fraction of sp³-hybridized carbons (Fsp3) is 1.00. The molecule has 5 rings (SSSR count). The predicted octanol–water partition coefficient (Wildman–Crippen LogP) is 7.20. The highest BCUT2D eigenvalue weighted by molar-refractivity contribution is 5.04. The normalized spacial score (nSPS) is 39.3. The van der Waals surface area contributed by atoms with Crippen molar-refractivity contribution in [3.63, 3.8) is 0 Å². The van der Waals surface area contributed by atoms with Crippen molar-refractivity contribution >= 4 is 0 Å². The molecule has 0 spiro atoms. The smallest absolute Gasteiger partial charge is 0.0119 e. The number of likely N-dealkylation sites (tertiary alicyclic amines) is 1. The standard InChI is InChI=1S/C34H63N3/c1-23(18-30-26-8-10-28(20-26)33(30,3)4)32(36-22-25-12-16-37(17-13-25)15-7-14-35)24(2)19-31-27-9-11-29(21-27)34(31,5)6/h23-32,36H,7-22,35H2,1-6H3. The number of rotatable bonds is 12. The van der Waals surface area contributed by atoms with Crippen LogP contribution < -0.4 is 11.1 Å². The molecule has 1 aliphatic heterocycles. The molecule has 5 aliphatic rings. The highest BCUT2D eigenvalue weighted by Crippen LogP contribution is 2.62. The molecule has 3 nitrogen and oxygen atoms in total. The van der Waals surface area contributed by atoms with Crippen molar-refractivity contribution in [3.05, 3.63) is 0 Å².